The van der Waals surface area contributed by atoms with Crippen molar-refractivity contribution in [3.05, 3.63) is 0 Å². The lowest BCUT2D eigenvalue weighted by Crippen LogP contribution is -2.40. The molecule has 1 aliphatic carbocycles. The van der Waals surface area contributed by atoms with Crippen LogP contribution in [0.5, 0.6) is 0 Å². The van der Waals surface area contributed by atoms with Crippen molar-refractivity contribution in [2.75, 3.05) is 26.4 Å². The van der Waals surface area contributed by atoms with Crippen LogP contribution in [-0.2, 0) is 14.3 Å². The molecule has 1 heterocycles. The first-order chi connectivity index (χ1) is 7.79. The van der Waals surface area contributed by atoms with Gasteiger partial charge < -0.3 is 14.4 Å². The van der Waals surface area contributed by atoms with Crippen molar-refractivity contribution in [3.8, 4) is 0 Å². The summed E-state index contributed by atoms with van der Waals surface area (Å²) < 4.78 is 10.8. The maximum atomic E-state index is 11.0. The number of epoxide rings is 1. The molecule has 2 fully saturated rings. The first-order valence-electron chi connectivity index (χ1n) is 6.22. The molecule has 16 heavy (non-hydrogen) atoms. The Bertz CT molecular complexity index is 230. The molecule has 1 saturated heterocycles. The van der Waals surface area contributed by atoms with Gasteiger partial charge in [-0.25, -0.2) is 0 Å². The van der Waals surface area contributed by atoms with Crippen LogP contribution in [0, 0.1) is 0 Å². The predicted molar refractivity (Wildman–Crippen MR) is 60.2 cm³/mol. The van der Waals surface area contributed by atoms with Crippen LogP contribution in [0.1, 0.15) is 32.6 Å². The summed E-state index contributed by atoms with van der Waals surface area (Å²) in [4.78, 5) is 12.9. The average molecular weight is 227 g/mol. The second-order valence-electron chi connectivity index (χ2n) is 4.74. The topological polar surface area (TPSA) is 42.1 Å². The van der Waals surface area contributed by atoms with Crippen molar-refractivity contribution in [3.63, 3.8) is 0 Å². The van der Waals surface area contributed by atoms with Crippen molar-refractivity contribution in [2.24, 2.45) is 0 Å². The van der Waals surface area contributed by atoms with Crippen molar-refractivity contribution >= 4 is 6.41 Å². The number of carbonyl (C=O) groups excluding carboxylic acids is 1. The number of rotatable bonds is 6. The van der Waals surface area contributed by atoms with Gasteiger partial charge in [0, 0.05) is 19.2 Å². The Hall–Kier alpha value is -0.610. The zero-order valence-electron chi connectivity index (χ0n) is 9.98. The van der Waals surface area contributed by atoms with E-state index in [1.54, 1.807) is 0 Å². The minimum atomic E-state index is 0.213. The molecule has 0 unspecified atom stereocenters. The van der Waals surface area contributed by atoms with E-state index >= 15 is 0 Å². The van der Waals surface area contributed by atoms with Gasteiger partial charge in [0.2, 0.25) is 6.41 Å². The smallest absolute Gasteiger partial charge is 0.210 e. The minimum Gasteiger partial charge on any atom is -0.380 e. The zero-order valence-corrected chi connectivity index (χ0v) is 9.98. The fourth-order valence-electron chi connectivity index (χ4n) is 2.49. The van der Waals surface area contributed by atoms with Crippen LogP contribution in [0.4, 0.5) is 0 Å². The molecule has 0 bridgehead atoms. The van der Waals surface area contributed by atoms with Crippen LogP contribution >= 0.6 is 0 Å². The Labute approximate surface area is 96.9 Å². The van der Waals surface area contributed by atoms with Gasteiger partial charge in [0.1, 0.15) is 0 Å². The molecule has 1 saturated carbocycles. The summed E-state index contributed by atoms with van der Waals surface area (Å²) in [5.41, 5.74) is 0.213. The highest BCUT2D eigenvalue weighted by Gasteiger charge is 2.47. The van der Waals surface area contributed by atoms with Crippen LogP contribution < -0.4 is 0 Å². The average Bonchev–Trinajstić information content (AvgIpc) is 3.06. The van der Waals surface area contributed by atoms with Gasteiger partial charge in [0.25, 0.3) is 0 Å². The van der Waals surface area contributed by atoms with Crippen LogP contribution in [-0.4, -0.2) is 49.3 Å². The van der Waals surface area contributed by atoms with E-state index in [0.717, 1.165) is 45.2 Å². The molecule has 92 valence electrons. The molecule has 0 aromatic rings. The fourth-order valence-corrected chi connectivity index (χ4v) is 2.49. The van der Waals surface area contributed by atoms with Crippen molar-refractivity contribution in [1.29, 1.82) is 0 Å². The largest absolute Gasteiger partial charge is 0.380 e. The molecule has 2 aliphatic rings. The summed E-state index contributed by atoms with van der Waals surface area (Å²) >= 11 is 0. The van der Waals surface area contributed by atoms with Crippen molar-refractivity contribution in [1.82, 2.24) is 4.90 Å². The van der Waals surface area contributed by atoms with Gasteiger partial charge in [-0.1, -0.05) is 0 Å². The monoisotopic (exact) mass is 227 g/mol. The number of hydrogen-bond donors (Lipinski definition) is 0. The van der Waals surface area contributed by atoms with Gasteiger partial charge in [-0.3, -0.25) is 4.79 Å². The molecule has 0 radical (unpaired) electrons. The lowest BCUT2D eigenvalue weighted by atomic mass is 9.86. The molecule has 0 aromatic heterocycles. The van der Waals surface area contributed by atoms with E-state index in [-0.39, 0.29) is 5.60 Å². The van der Waals surface area contributed by atoms with Gasteiger partial charge in [0.05, 0.1) is 18.8 Å². The summed E-state index contributed by atoms with van der Waals surface area (Å²) in [5, 5.41) is 0. The maximum Gasteiger partial charge on any atom is 0.210 e. The van der Waals surface area contributed by atoms with Gasteiger partial charge >= 0.3 is 0 Å². The van der Waals surface area contributed by atoms with Gasteiger partial charge in [-0.2, -0.15) is 0 Å². The molecular formula is C12H21NO3. The van der Waals surface area contributed by atoms with Crippen molar-refractivity contribution in [2.45, 2.75) is 44.2 Å². The Morgan fingerprint density at radius 3 is 2.69 bits per heavy atom. The number of hydrogen-bond acceptors (Lipinski definition) is 3. The Balaban J connectivity index is 1.73. The van der Waals surface area contributed by atoms with Crippen LogP contribution in [0.15, 0.2) is 0 Å². The first kappa shape index (κ1) is 11.9. The van der Waals surface area contributed by atoms with E-state index in [9.17, 15) is 4.79 Å². The van der Waals surface area contributed by atoms with Gasteiger partial charge in [-0.15, -0.1) is 0 Å². The third-order valence-corrected chi connectivity index (χ3v) is 3.72. The fraction of sp³-hybridized carbons (Fsp3) is 0.917. The first-order valence-corrected chi connectivity index (χ1v) is 6.22. The normalized spacial score (nSPS) is 32.7. The third-order valence-electron chi connectivity index (χ3n) is 3.72. The summed E-state index contributed by atoms with van der Waals surface area (Å²) in [6, 6.07) is 0.396. The molecule has 4 heteroatoms. The highest BCUT2D eigenvalue weighted by atomic mass is 16.6. The highest BCUT2D eigenvalue weighted by molar-refractivity contribution is 5.47. The summed E-state index contributed by atoms with van der Waals surface area (Å²) in [6.45, 7) is 4.98. The molecule has 1 amide bonds. The molecule has 0 N–H and O–H groups in total. The van der Waals surface area contributed by atoms with Crippen LogP contribution in [0.25, 0.3) is 0 Å². The maximum absolute atomic E-state index is 11.0. The second kappa shape index (κ2) is 5.15. The predicted octanol–water partition coefficient (Wildman–Crippen LogP) is 1.19. The Morgan fingerprint density at radius 1 is 1.50 bits per heavy atom. The quantitative estimate of drug-likeness (QED) is 0.389. The lowest BCUT2D eigenvalue weighted by Gasteiger charge is -2.33. The van der Waals surface area contributed by atoms with E-state index in [4.69, 9.17) is 9.47 Å². The Morgan fingerprint density at radius 2 is 2.19 bits per heavy atom. The summed E-state index contributed by atoms with van der Waals surface area (Å²) in [6.07, 6.45) is 5.33. The number of nitrogens with zero attached hydrogens (tertiary/aromatic N) is 1. The summed E-state index contributed by atoms with van der Waals surface area (Å²) in [5.74, 6) is 0. The SMILES string of the molecule is CCOCCN(C=O)C1CCC2(CC1)CO2. The van der Waals surface area contributed by atoms with E-state index in [1.807, 2.05) is 11.8 Å². The zero-order chi connectivity index (χ0) is 11.4. The molecule has 0 atom stereocenters. The third kappa shape index (κ3) is 2.74. The van der Waals surface area contributed by atoms with E-state index < -0.39 is 0 Å². The van der Waals surface area contributed by atoms with Crippen LogP contribution in [0.3, 0.4) is 0 Å². The number of ether oxygens (including phenoxy) is 2. The number of carbonyl (C=O) groups is 1. The molecular weight excluding hydrogens is 206 g/mol. The number of amides is 1. The molecule has 2 rings (SSSR count). The lowest BCUT2D eigenvalue weighted by molar-refractivity contribution is -0.122. The second-order valence-corrected chi connectivity index (χ2v) is 4.74. The molecule has 1 aliphatic heterocycles. The highest BCUT2D eigenvalue weighted by Crippen LogP contribution is 2.42. The molecule has 0 aromatic carbocycles. The summed E-state index contributed by atoms with van der Waals surface area (Å²) in [7, 11) is 0. The van der Waals surface area contributed by atoms with E-state index in [0.29, 0.717) is 19.3 Å². The Kier molecular flexibility index (Phi) is 3.82. The van der Waals surface area contributed by atoms with E-state index in [2.05, 4.69) is 0 Å². The van der Waals surface area contributed by atoms with Gasteiger partial charge in [-0.05, 0) is 32.6 Å². The molecule has 4 nitrogen and oxygen atoms in total. The van der Waals surface area contributed by atoms with Gasteiger partial charge in [0.15, 0.2) is 0 Å². The standard InChI is InChI=1S/C12H21NO3/c1-2-15-8-7-13(10-14)11-3-5-12(6-4-11)9-16-12/h10-11H,2-9H2,1H3. The van der Waals surface area contributed by atoms with Crippen LogP contribution in [0.2, 0.25) is 0 Å². The van der Waals surface area contributed by atoms with E-state index in [1.165, 1.54) is 0 Å². The molecule has 1 spiro atoms. The minimum absolute atomic E-state index is 0.213. The van der Waals surface area contributed by atoms with Crippen molar-refractivity contribution < 1.29 is 14.3 Å².